The molecule has 10 nitrogen and oxygen atoms in total. The highest BCUT2D eigenvalue weighted by molar-refractivity contribution is 6.05. The normalized spacial score (nSPS) is 16.1. The van der Waals surface area contributed by atoms with E-state index >= 15 is 0 Å². The van der Waals surface area contributed by atoms with E-state index in [4.69, 9.17) is 10.5 Å². The quantitative estimate of drug-likeness (QED) is 0.0905. The highest BCUT2D eigenvalue weighted by atomic mass is 35.5. The van der Waals surface area contributed by atoms with E-state index in [9.17, 15) is 19.2 Å². The molecule has 1 aliphatic rings. The molecule has 0 radical (unpaired) electrons. The molecule has 1 heterocycles. The molecule has 0 saturated carbocycles. The maximum atomic E-state index is 13.4. The predicted molar refractivity (Wildman–Crippen MR) is 189 cm³/mol. The Labute approximate surface area is 286 Å². The van der Waals surface area contributed by atoms with Crippen LogP contribution in [0.1, 0.15) is 30.4 Å². The minimum atomic E-state index is -1.07. The molecule has 4 aromatic carbocycles. The van der Waals surface area contributed by atoms with Gasteiger partial charge in [0.25, 0.3) is 11.8 Å². The Hall–Kier alpha value is -4.77. The molecule has 252 valence electrons. The van der Waals surface area contributed by atoms with Crippen LogP contribution in [0, 0.1) is 0 Å². The zero-order chi connectivity index (χ0) is 33.0. The molecule has 0 aromatic heterocycles. The highest BCUT2D eigenvalue weighted by Gasteiger charge is 2.51. The first-order valence-electron chi connectivity index (χ1n) is 16.0. The molecule has 1 saturated heterocycles. The van der Waals surface area contributed by atoms with Crippen LogP contribution in [0.4, 0.5) is 5.69 Å². The number of hydrogen-bond donors (Lipinski definition) is 5. The first kappa shape index (κ1) is 36.1. The lowest BCUT2D eigenvalue weighted by molar-refractivity contribution is -0.129. The average molecular weight is 672 g/mol. The van der Waals surface area contributed by atoms with Crippen LogP contribution in [0.25, 0.3) is 10.8 Å². The number of nitrogens with one attached hydrogen (secondary N) is 4. The monoisotopic (exact) mass is 671 g/mol. The third kappa shape index (κ3) is 10.1. The second kappa shape index (κ2) is 18.0. The van der Waals surface area contributed by atoms with Crippen LogP contribution in [0.15, 0.2) is 103 Å². The van der Waals surface area contributed by atoms with Crippen molar-refractivity contribution in [3.8, 4) is 0 Å². The van der Waals surface area contributed by atoms with Crippen molar-refractivity contribution in [3.63, 3.8) is 0 Å². The van der Waals surface area contributed by atoms with Crippen LogP contribution in [-0.2, 0) is 36.8 Å². The number of anilines is 1. The fraction of sp³-hybridized carbons (Fsp3) is 0.297. The zero-order valence-electron chi connectivity index (χ0n) is 26.6. The maximum absolute atomic E-state index is 13.4. The van der Waals surface area contributed by atoms with Crippen LogP contribution in [0.5, 0.6) is 0 Å². The Kier molecular flexibility index (Phi) is 13.5. The molecule has 6 N–H and O–H groups in total. The molecule has 11 heteroatoms. The van der Waals surface area contributed by atoms with Crippen molar-refractivity contribution in [2.24, 2.45) is 5.73 Å². The number of rotatable bonds is 16. The largest absolute Gasteiger partial charge is 0.354 e. The number of fused-ring (bicyclic) bond motifs is 1. The van der Waals surface area contributed by atoms with Crippen LogP contribution < -0.4 is 27.0 Å². The first-order valence-corrected chi connectivity index (χ1v) is 16.0. The van der Waals surface area contributed by atoms with E-state index in [1.54, 1.807) is 0 Å². The lowest BCUT2D eigenvalue weighted by Gasteiger charge is -2.19. The number of carbonyl (C=O) groups is 4. The summed E-state index contributed by atoms with van der Waals surface area (Å²) in [6, 6.07) is 30.8. The summed E-state index contributed by atoms with van der Waals surface area (Å²) in [6.07, 6.45) is 0.450. The number of ether oxygens (including phenoxy) is 1. The van der Waals surface area contributed by atoms with Crippen molar-refractivity contribution in [3.05, 3.63) is 114 Å². The summed E-state index contributed by atoms with van der Waals surface area (Å²) < 4.78 is 5.49. The van der Waals surface area contributed by atoms with Crippen molar-refractivity contribution in [2.75, 3.05) is 18.4 Å². The van der Waals surface area contributed by atoms with Crippen LogP contribution in [0.3, 0.4) is 0 Å². The molecule has 1 fully saturated rings. The van der Waals surface area contributed by atoms with Gasteiger partial charge in [-0.2, -0.15) is 0 Å². The lowest BCUT2D eigenvalue weighted by Crippen LogP contribution is -2.50. The summed E-state index contributed by atoms with van der Waals surface area (Å²) in [5, 5.41) is 13.3. The van der Waals surface area contributed by atoms with E-state index in [2.05, 4.69) is 21.3 Å². The molecule has 4 atom stereocenters. The minimum Gasteiger partial charge on any atom is -0.354 e. The van der Waals surface area contributed by atoms with E-state index < -0.39 is 36.1 Å². The highest BCUT2D eigenvalue weighted by Crippen LogP contribution is 2.25. The predicted octanol–water partition coefficient (Wildman–Crippen LogP) is 3.67. The Morgan fingerprint density at radius 3 is 1.98 bits per heavy atom. The summed E-state index contributed by atoms with van der Waals surface area (Å²) >= 11 is 0. The van der Waals surface area contributed by atoms with Gasteiger partial charge in [0.15, 0.2) is 12.2 Å². The van der Waals surface area contributed by atoms with Gasteiger partial charge in [-0.05, 0) is 54.8 Å². The van der Waals surface area contributed by atoms with Gasteiger partial charge in [0.05, 0.1) is 0 Å². The first-order chi connectivity index (χ1) is 22.9. The average Bonchev–Trinajstić information content (AvgIpc) is 3.90. The van der Waals surface area contributed by atoms with Gasteiger partial charge in [-0.3, -0.25) is 19.2 Å². The van der Waals surface area contributed by atoms with Gasteiger partial charge < -0.3 is 31.7 Å². The number of carbonyl (C=O) groups excluding carboxylic acids is 4. The number of unbranched alkanes of at least 4 members (excludes halogenated alkanes) is 1. The van der Waals surface area contributed by atoms with Crippen molar-refractivity contribution >= 4 is 52.5 Å². The third-order valence-electron chi connectivity index (χ3n) is 8.11. The fourth-order valence-corrected chi connectivity index (χ4v) is 5.49. The molecule has 0 aliphatic carbocycles. The summed E-state index contributed by atoms with van der Waals surface area (Å²) in [7, 11) is 0. The van der Waals surface area contributed by atoms with Crippen molar-refractivity contribution < 1.29 is 23.9 Å². The van der Waals surface area contributed by atoms with Crippen LogP contribution in [-0.4, -0.2) is 61.0 Å². The van der Waals surface area contributed by atoms with Gasteiger partial charge in [-0.1, -0.05) is 97.1 Å². The van der Waals surface area contributed by atoms with E-state index in [0.717, 1.165) is 21.9 Å². The van der Waals surface area contributed by atoms with E-state index in [-0.39, 0.29) is 30.6 Å². The zero-order valence-corrected chi connectivity index (χ0v) is 27.4. The second-order valence-corrected chi connectivity index (χ2v) is 11.6. The number of amides is 4. The number of halogens is 1. The van der Waals surface area contributed by atoms with E-state index in [1.807, 2.05) is 103 Å². The van der Waals surface area contributed by atoms with Crippen molar-refractivity contribution in [1.29, 1.82) is 0 Å². The molecule has 5 rings (SSSR count). The molecule has 0 bridgehead atoms. The maximum Gasteiger partial charge on any atom is 0.253 e. The Bertz CT molecular complexity index is 1670. The standard InChI is InChI=1S/C37H41N5O5.ClH/c38-22-10-9-19-30(35(44)40-29-20-11-17-27-16-7-8-18-28(27)29)41-36(45)32-33(47-32)37(46)42-31(24-26-14-5-2-6-15-26)34(43)39-23-21-25-12-3-1-4-13-25;/h1-8,11-18,20,30-33H,9-10,19,21-24,38H2,(H,39,43)(H,40,44)(H,41,45)(H,42,46);1H/t30-,31-,32?,33?;/m0./s1. The number of benzene rings is 4. The molecule has 2 unspecified atom stereocenters. The summed E-state index contributed by atoms with van der Waals surface area (Å²) in [4.78, 5) is 53.1. The van der Waals surface area contributed by atoms with Crippen molar-refractivity contribution in [1.82, 2.24) is 16.0 Å². The number of hydrogen-bond acceptors (Lipinski definition) is 6. The van der Waals surface area contributed by atoms with E-state index in [1.165, 1.54) is 0 Å². The summed E-state index contributed by atoms with van der Waals surface area (Å²) in [5.41, 5.74) is 8.27. The fourth-order valence-electron chi connectivity index (χ4n) is 5.49. The number of nitrogens with two attached hydrogens (primary N) is 1. The summed E-state index contributed by atoms with van der Waals surface area (Å²) in [5.74, 6) is -1.83. The lowest BCUT2D eigenvalue weighted by atomic mass is 10.0. The molecule has 1 aliphatic heterocycles. The molecule has 0 spiro atoms. The van der Waals surface area contributed by atoms with Gasteiger partial charge in [0.1, 0.15) is 12.1 Å². The molecule has 4 amide bonds. The van der Waals surface area contributed by atoms with Crippen LogP contribution >= 0.6 is 12.4 Å². The van der Waals surface area contributed by atoms with Gasteiger partial charge in [0.2, 0.25) is 11.8 Å². The SMILES string of the molecule is Cl.NCCCC[C@H](NC(=O)C1OC1C(=O)N[C@@H](Cc1ccccc1)C(=O)NCCc1ccccc1)C(=O)Nc1cccc2ccccc12. The molecule has 4 aromatic rings. The molecular weight excluding hydrogens is 630 g/mol. The van der Waals surface area contributed by atoms with Gasteiger partial charge in [0, 0.05) is 24.0 Å². The topological polar surface area (TPSA) is 155 Å². The van der Waals surface area contributed by atoms with Crippen LogP contribution in [0.2, 0.25) is 0 Å². The summed E-state index contributed by atoms with van der Waals surface area (Å²) in [6.45, 7) is 0.866. The third-order valence-corrected chi connectivity index (χ3v) is 8.11. The van der Waals surface area contributed by atoms with Gasteiger partial charge in [-0.15, -0.1) is 12.4 Å². The Morgan fingerprint density at radius 1 is 0.688 bits per heavy atom. The van der Waals surface area contributed by atoms with Gasteiger partial charge >= 0.3 is 0 Å². The smallest absolute Gasteiger partial charge is 0.253 e. The van der Waals surface area contributed by atoms with Gasteiger partial charge in [-0.25, -0.2) is 0 Å². The van der Waals surface area contributed by atoms with Crippen molar-refractivity contribution in [2.45, 2.75) is 56.4 Å². The molecular formula is C37H42ClN5O5. The minimum absolute atomic E-state index is 0. The molecule has 48 heavy (non-hydrogen) atoms. The Balaban J connectivity index is 0.00000520. The Morgan fingerprint density at radius 2 is 1.29 bits per heavy atom. The van der Waals surface area contributed by atoms with E-state index in [0.29, 0.717) is 44.5 Å². The number of epoxide rings is 1. The second-order valence-electron chi connectivity index (χ2n) is 11.6.